The predicted molar refractivity (Wildman–Crippen MR) is 96.1 cm³/mol. The van der Waals surface area contributed by atoms with E-state index in [1.807, 2.05) is 4.90 Å². The Morgan fingerprint density at radius 2 is 1.59 bits per heavy atom. The summed E-state index contributed by atoms with van der Waals surface area (Å²) in [6.45, 7) is 8.33. The first-order valence-corrected chi connectivity index (χ1v) is 9.54. The van der Waals surface area contributed by atoms with E-state index in [2.05, 4.69) is 28.7 Å². The summed E-state index contributed by atoms with van der Waals surface area (Å²) in [4.78, 5) is 24.6. The highest BCUT2D eigenvalue weighted by molar-refractivity contribution is 5.87. The van der Waals surface area contributed by atoms with Gasteiger partial charge in [0.2, 0.25) is 5.82 Å². The van der Waals surface area contributed by atoms with Gasteiger partial charge in [0, 0.05) is 32.2 Å². The summed E-state index contributed by atoms with van der Waals surface area (Å²) in [5, 5.41) is 0. The number of aromatic nitrogens is 2. The van der Waals surface area contributed by atoms with E-state index >= 15 is 0 Å². The Hall–Kier alpha value is -1.74. The smallest absolute Gasteiger partial charge is 0.297 e. The third kappa shape index (κ3) is 4.08. The molecule has 1 aromatic rings. The van der Waals surface area contributed by atoms with Crippen LogP contribution in [0.15, 0.2) is 12.4 Å². The van der Waals surface area contributed by atoms with E-state index < -0.39 is 12.0 Å². The SMILES string of the molecule is CC(C)N1CCN(C(=O)[N+]2(c3cnc(C(F)(F)F)nc3)CCCCC2)CC1. The van der Waals surface area contributed by atoms with Crippen LogP contribution in [-0.4, -0.2) is 71.1 Å². The van der Waals surface area contributed by atoms with Crippen molar-refractivity contribution in [3.05, 3.63) is 18.2 Å². The highest BCUT2D eigenvalue weighted by Crippen LogP contribution is 2.32. The molecule has 150 valence electrons. The summed E-state index contributed by atoms with van der Waals surface area (Å²) in [5.41, 5.74) is 0.457. The Kier molecular flexibility index (Phi) is 5.71. The van der Waals surface area contributed by atoms with Crippen LogP contribution in [0.1, 0.15) is 38.9 Å². The van der Waals surface area contributed by atoms with E-state index in [-0.39, 0.29) is 10.5 Å². The van der Waals surface area contributed by atoms with E-state index in [9.17, 15) is 18.0 Å². The molecule has 2 saturated heterocycles. The quantitative estimate of drug-likeness (QED) is 0.733. The van der Waals surface area contributed by atoms with Crippen molar-refractivity contribution in [1.82, 2.24) is 24.3 Å². The molecule has 0 saturated carbocycles. The molecule has 0 radical (unpaired) electrons. The third-order valence-electron chi connectivity index (χ3n) is 5.65. The van der Waals surface area contributed by atoms with Gasteiger partial charge in [-0.15, -0.1) is 0 Å². The van der Waals surface area contributed by atoms with Crippen LogP contribution in [0.4, 0.5) is 23.7 Å². The predicted octanol–water partition coefficient (Wildman–Crippen LogP) is 3.13. The highest BCUT2D eigenvalue weighted by atomic mass is 19.4. The molecule has 3 rings (SSSR count). The molecular weight excluding hydrogens is 359 g/mol. The first-order chi connectivity index (χ1) is 12.7. The van der Waals surface area contributed by atoms with Gasteiger partial charge in [0.05, 0.1) is 25.5 Å². The number of alkyl halides is 3. The van der Waals surface area contributed by atoms with E-state index in [0.717, 1.165) is 32.4 Å². The normalized spacial score (nSPS) is 21.5. The fourth-order valence-corrected chi connectivity index (χ4v) is 4.00. The number of halogens is 3. The summed E-state index contributed by atoms with van der Waals surface area (Å²) in [5.74, 6) is -1.17. The molecular formula is C18H27F3N5O+. The minimum absolute atomic E-state index is 0.0276. The fourth-order valence-electron chi connectivity index (χ4n) is 4.00. The lowest BCUT2D eigenvalue weighted by Gasteiger charge is -2.43. The maximum Gasteiger partial charge on any atom is 0.451 e. The molecule has 1 aromatic heterocycles. The average molecular weight is 386 g/mol. The Labute approximate surface area is 157 Å². The van der Waals surface area contributed by atoms with Gasteiger partial charge in [-0.3, -0.25) is 9.80 Å². The van der Waals surface area contributed by atoms with Crippen LogP contribution >= 0.6 is 0 Å². The summed E-state index contributed by atoms with van der Waals surface area (Å²) in [7, 11) is 0. The van der Waals surface area contributed by atoms with Crippen LogP contribution in [0.2, 0.25) is 0 Å². The monoisotopic (exact) mass is 386 g/mol. The van der Waals surface area contributed by atoms with Gasteiger partial charge in [0.15, 0.2) is 5.69 Å². The fraction of sp³-hybridized carbons (Fsp3) is 0.722. The van der Waals surface area contributed by atoms with Gasteiger partial charge in [-0.2, -0.15) is 13.2 Å². The lowest BCUT2D eigenvalue weighted by Crippen LogP contribution is -2.65. The Morgan fingerprint density at radius 3 is 2.07 bits per heavy atom. The number of amides is 2. The number of hydrogen-bond acceptors (Lipinski definition) is 4. The topological polar surface area (TPSA) is 49.3 Å². The highest BCUT2D eigenvalue weighted by Gasteiger charge is 2.45. The average Bonchev–Trinajstić information content (AvgIpc) is 2.67. The van der Waals surface area contributed by atoms with Crippen LogP contribution in [0.3, 0.4) is 0 Å². The number of piperazine rings is 1. The van der Waals surface area contributed by atoms with Gasteiger partial charge in [0.1, 0.15) is 0 Å². The van der Waals surface area contributed by atoms with E-state index in [4.69, 9.17) is 0 Å². The maximum atomic E-state index is 13.4. The van der Waals surface area contributed by atoms with Crippen LogP contribution < -0.4 is 4.48 Å². The van der Waals surface area contributed by atoms with Crippen LogP contribution in [-0.2, 0) is 6.18 Å². The molecule has 2 fully saturated rings. The number of urea groups is 1. The third-order valence-corrected chi connectivity index (χ3v) is 5.65. The number of quaternary nitrogens is 1. The van der Waals surface area contributed by atoms with Gasteiger partial charge >= 0.3 is 12.2 Å². The number of rotatable bonds is 2. The number of piperidine rings is 1. The van der Waals surface area contributed by atoms with E-state index in [1.54, 1.807) is 0 Å². The molecule has 0 aromatic carbocycles. The zero-order valence-corrected chi connectivity index (χ0v) is 15.9. The van der Waals surface area contributed by atoms with Gasteiger partial charge in [-0.1, -0.05) is 0 Å². The van der Waals surface area contributed by atoms with Crippen molar-refractivity contribution in [3.8, 4) is 0 Å². The van der Waals surface area contributed by atoms with Crippen LogP contribution in [0.25, 0.3) is 0 Å². The van der Waals surface area contributed by atoms with Gasteiger partial charge in [-0.25, -0.2) is 19.2 Å². The second-order valence-corrected chi connectivity index (χ2v) is 7.64. The van der Waals surface area contributed by atoms with E-state index in [1.165, 1.54) is 12.4 Å². The second-order valence-electron chi connectivity index (χ2n) is 7.64. The summed E-state index contributed by atoms with van der Waals surface area (Å²) >= 11 is 0. The molecule has 27 heavy (non-hydrogen) atoms. The van der Waals surface area contributed by atoms with Crippen LogP contribution in [0.5, 0.6) is 0 Å². The summed E-state index contributed by atoms with van der Waals surface area (Å²) in [6.07, 6.45) is 0.530. The second kappa shape index (κ2) is 7.71. The van der Waals surface area contributed by atoms with Gasteiger partial charge < -0.3 is 0 Å². The van der Waals surface area contributed by atoms with Crippen molar-refractivity contribution in [3.63, 3.8) is 0 Å². The minimum atomic E-state index is -4.58. The van der Waals surface area contributed by atoms with E-state index in [0.29, 0.717) is 37.9 Å². The molecule has 6 nitrogen and oxygen atoms in total. The van der Waals surface area contributed by atoms with Crippen LogP contribution in [0, 0.1) is 0 Å². The lowest BCUT2D eigenvalue weighted by molar-refractivity contribution is -0.145. The van der Waals surface area contributed by atoms with Crippen molar-refractivity contribution in [1.29, 1.82) is 0 Å². The summed E-state index contributed by atoms with van der Waals surface area (Å²) < 4.78 is 38.4. The van der Waals surface area contributed by atoms with Crippen molar-refractivity contribution in [2.75, 3.05) is 39.3 Å². The van der Waals surface area contributed by atoms with Crippen molar-refractivity contribution < 1.29 is 18.0 Å². The standard InChI is InChI=1S/C18H27F3N5O/c1-14(2)24-6-8-25(9-7-24)17(27)26(10-4-3-5-11-26)15-12-22-16(23-13-15)18(19,20)21/h12-14H,3-11H2,1-2H3/q+1. The molecule has 3 heterocycles. The molecule has 0 aliphatic carbocycles. The lowest BCUT2D eigenvalue weighted by atomic mass is 10.1. The number of hydrogen-bond donors (Lipinski definition) is 0. The molecule has 0 atom stereocenters. The zero-order chi connectivity index (χ0) is 19.7. The molecule has 2 aliphatic rings. The Bertz CT molecular complexity index is 648. The first-order valence-electron chi connectivity index (χ1n) is 9.54. The summed E-state index contributed by atoms with van der Waals surface area (Å²) in [6, 6.07) is 0.394. The number of likely N-dealkylation sites (tertiary alicyclic amines) is 1. The molecule has 0 spiro atoms. The number of carbonyl (C=O) groups is 1. The maximum absolute atomic E-state index is 13.4. The molecule has 0 N–H and O–H groups in total. The molecule has 2 amide bonds. The van der Waals surface area contributed by atoms with Crippen molar-refractivity contribution in [2.24, 2.45) is 0 Å². The van der Waals surface area contributed by atoms with Crippen molar-refractivity contribution >= 4 is 11.7 Å². The number of nitrogens with zero attached hydrogens (tertiary/aromatic N) is 5. The molecule has 0 bridgehead atoms. The van der Waals surface area contributed by atoms with Gasteiger partial charge in [-0.05, 0) is 33.1 Å². The molecule has 2 aliphatic heterocycles. The Balaban J connectivity index is 1.84. The Morgan fingerprint density at radius 1 is 1.04 bits per heavy atom. The number of carbonyl (C=O) groups excluding carboxylic acids is 1. The molecule has 0 unspecified atom stereocenters. The first kappa shape index (κ1) is 20.0. The zero-order valence-electron chi connectivity index (χ0n) is 15.9. The minimum Gasteiger partial charge on any atom is -0.297 e. The van der Waals surface area contributed by atoms with Gasteiger partial charge in [0.25, 0.3) is 0 Å². The molecule has 9 heteroatoms. The van der Waals surface area contributed by atoms with Crippen molar-refractivity contribution in [2.45, 2.75) is 45.3 Å². The largest absolute Gasteiger partial charge is 0.451 e.